The van der Waals surface area contributed by atoms with Crippen LogP contribution in [0.3, 0.4) is 0 Å². The molecule has 2 aromatic rings. The highest BCUT2D eigenvalue weighted by molar-refractivity contribution is 5.98. The standard InChI is InChI=1S/C16H15F3N4O2/c17-16(18,19)11-4-2-1-3-10(11)12-5-13(23-22-12)21-14(24)15-6-9(7-25-15)20-8-15/h1-5,9,20H,6-8H2,(H2,21,22,23,24)/t9-,15-/m1/s1. The maximum absolute atomic E-state index is 13.1. The minimum atomic E-state index is -4.48. The van der Waals surface area contributed by atoms with Crippen molar-refractivity contribution in [3.8, 4) is 11.3 Å². The number of anilines is 1. The van der Waals surface area contributed by atoms with Gasteiger partial charge in [-0.3, -0.25) is 9.89 Å². The molecule has 2 bridgehead atoms. The predicted molar refractivity (Wildman–Crippen MR) is 82.7 cm³/mol. The van der Waals surface area contributed by atoms with Gasteiger partial charge in [-0.1, -0.05) is 18.2 Å². The number of halogens is 3. The summed E-state index contributed by atoms with van der Waals surface area (Å²) in [5.41, 5.74) is -1.54. The van der Waals surface area contributed by atoms with E-state index in [1.165, 1.54) is 24.3 Å². The topological polar surface area (TPSA) is 79.0 Å². The number of H-pyrrole nitrogens is 1. The van der Waals surface area contributed by atoms with Crippen LogP contribution in [0.4, 0.5) is 19.0 Å². The van der Waals surface area contributed by atoms with Gasteiger partial charge in [0.05, 0.1) is 17.9 Å². The first-order valence-electron chi connectivity index (χ1n) is 7.78. The molecule has 0 radical (unpaired) electrons. The fourth-order valence-corrected chi connectivity index (χ4v) is 3.30. The maximum atomic E-state index is 13.1. The van der Waals surface area contributed by atoms with E-state index in [4.69, 9.17) is 4.74 Å². The molecule has 0 spiro atoms. The second-order valence-electron chi connectivity index (χ2n) is 6.25. The quantitative estimate of drug-likeness (QED) is 0.791. The smallest absolute Gasteiger partial charge is 0.362 e. The van der Waals surface area contributed by atoms with Gasteiger partial charge in [-0.2, -0.15) is 18.3 Å². The van der Waals surface area contributed by atoms with Crippen LogP contribution in [0, 0.1) is 0 Å². The summed E-state index contributed by atoms with van der Waals surface area (Å²) in [6, 6.07) is 6.74. The minimum absolute atomic E-state index is 0.0270. The third kappa shape index (κ3) is 2.79. The third-order valence-electron chi connectivity index (χ3n) is 4.57. The number of nitrogens with one attached hydrogen (secondary N) is 3. The Balaban J connectivity index is 1.56. The number of ether oxygens (including phenoxy) is 1. The summed E-state index contributed by atoms with van der Waals surface area (Å²) in [6.07, 6.45) is -3.90. The number of hydrogen-bond donors (Lipinski definition) is 3. The molecule has 2 saturated heterocycles. The Morgan fingerprint density at radius 2 is 2.16 bits per heavy atom. The normalized spacial score (nSPS) is 25.3. The number of rotatable bonds is 3. The molecule has 132 valence electrons. The summed E-state index contributed by atoms with van der Waals surface area (Å²) < 4.78 is 45.0. The molecule has 1 aromatic carbocycles. The van der Waals surface area contributed by atoms with Gasteiger partial charge in [-0.05, 0) is 6.07 Å². The molecule has 2 aliphatic rings. The first-order chi connectivity index (χ1) is 11.9. The summed E-state index contributed by atoms with van der Waals surface area (Å²) in [6.45, 7) is 0.885. The van der Waals surface area contributed by atoms with Gasteiger partial charge in [0.2, 0.25) is 0 Å². The van der Waals surface area contributed by atoms with E-state index in [0.717, 1.165) is 6.07 Å². The number of hydrogen-bond acceptors (Lipinski definition) is 4. The van der Waals surface area contributed by atoms with Crippen LogP contribution in [0.5, 0.6) is 0 Å². The van der Waals surface area contributed by atoms with Gasteiger partial charge >= 0.3 is 6.18 Å². The highest BCUT2D eigenvalue weighted by atomic mass is 19.4. The van der Waals surface area contributed by atoms with Crippen molar-refractivity contribution in [3.63, 3.8) is 0 Å². The fourth-order valence-electron chi connectivity index (χ4n) is 3.30. The van der Waals surface area contributed by atoms with Crippen LogP contribution in [0.25, 0.3) is 11.3 Å². The van der Waals surface area contributed by atoms with Gasteiger partial charge in [0.1, 0.15) is 0 Å². The SMILES string of the molecule is O=C(Nc1cc(-c2ccccc2C(F)(F)F)[nH]n1)[C@@]12CN[C@@H](CO1)C2. The highest BCUT2D eigenvalue weighted by Crippen LogP contribution is 2.37. The molecule has 1 amide bonds. The van der Waals surface area contributed by atoms with Crippen molar-refractivity contribution in [1.29, 1.82) is 0 Å². The largest absolute Gasteiger partial charge is 0.417 e. The lowest BCUT2D eigenvalue weighted by molar-refractivity contribution is -0.137. The number of aromatic amines is 1. The van der Waals surface area contributed by atoms with E-state index in [1.807, 2.05) is 0 Å². The van der Waals surface area contributed by atoms with Crippen LogP contribution in [0.15, 0.2) is 30.3 Å². The Morgan fingerprint density at radius 3 is 2.80 bits per heavy atom. The van der Waals surface area contributed by atoms with Crippen LogP contribution in [-0.4, -0.2) is 40.9 Å². The first-order valence-corrected chi connectivity index (χ1v) is 7.78. The highest BCUT2D eigenvalue weighted by Gasteiger charge is 2.52. The lowest BCUT2D eigenvalue weighted by atomic mass is 10.0. The second kappa shape index (κ2) is 5.57. The number of morpholine rings is 1. The molecule has 9 heteroatoms. The van der Waals surface area contributed by atoms with Crippen LogP contribution in [-0.2, 0) is 15.7 Å². The van der Waals surface area contributed by atoms with E-state index in [1.54, 1.807) is 0 Å². The molecule has 3 N–H and O–H groups in total. The number of nitrogens with zero attached hydrogens (tertiary/aromatic N) is 1. The van der Waals surface area contributed by atoms with E-state index in [0.29, 0.717) is 19.6 Å². The number of carbonyl (C=O) groups is 1. The second-order valence-corrected chi connectivity index (χ2v) is 6.25. The van der Waals surface area contributed by atoms with Gasteiger partial charge in [0.15, 0.2) is 11.4 Å². The van der Waals surface area contributed by atoms with Crippen LogP contribution >= 0.6 is 0 Å². The average molecular weight is 352 g/mol. The zero-order valence-corrected chi connectivity index (χ0v) is 13.0. The van der Waals surface area contributed by atoms with Gasteiger partial charge in [-0.15, -0.1) is 0 Å². The van der Waals surface area contributed by atoms with Crippen molar-refractivity contribution >= 4 is 11.7 Å². The number of alkyl halides is 3. The number of benzene rings is 1. The number of aromatic nitrogens is 2. The summed E-state index contributed by atoms with van der Waals surface area (Å²) in [5.74, 6) is -0.188. The first kappa shape index (κ1) is 16.1. The number of carbonyl (C=O) groups excluding carboxylic acids is 1. The Labute approximate surface area is 140 Å². The van der Waals surface area contributed by atoms with Crippen molar-refractivity contribution in [2.75, 3.05) is 18.5 Å². The molecule has 2 atom stereocenters. The summed E-state index contributed by atoms with van der Waals surface area (Å²) in [7, 11) is 0. The molecular formula is C16H15F3N4O2. The molecule has 2 fully saturated rings. The predicted octanol–water partition coefficient (Wildman–Crippen LogP) is 2.16. The van der Waals surface area contributed by atoms with Crippen LogP contribution in [0.1, 0.15) is 12.0 Å². The zero-order valence-electron chi connectivity index (χ0n) is 13.0. The van der Waals surface area contributed by atoms with Crippen molar-refractivity contribution in [2.45, 2.75) is 24.2 Å². The van der Waals surface area contributed by atoms with Crippen LogP contribution < -0.4 is 10.6 Å². The summed E-state index contributed by atoms with van der Waals surface area (Å²) in [4.78, 5) is 12.5. The van der Waals surface area contributed by atoms with Crippen molar-refractivity contribution in [3.05, 3.63) is 35.9 Å². The van der Waals surface area contributed by atoms with Crippen molar-refractivity contribution < 1.29 is 22.7 Å². The molecular weight excluding hydrogens is 337 g/mol. The Kier molecular flexibility index (Phi) is 3.58. The Morgan fingerprint density at radius 1 is 1.36 bits per heavy atom. The third-order valence-corrected chi connectivity index (χ3v) is 4.57. The minimum Gasteiger partial charge on any atom is -0.362 e. The molecule has 0 saturated carbocycles. The molecule has 3 heterocycles. The van der Waals surface area contributed by atoms with Gasteiger partial charge in [0, 0.05) is 30.6 Å². The summed E-state index contributed by atoms with van der Waals surface area (Å²) in [5, 5.41) is 12.3. The van der Waals surface area contributed by atoms with E-state index >= 15 is 0 Å². The van der Waals surface area contributed by atoms with Crippen LogP contribution in [0.2, 0.25) is 0 Å². The molecule has 6 nitrogen and oxygen atoms in total. The van der Waals surface area contributed by atoms with E-state index in [9.17, 15) is 18.0 Å². The number of fused-ring (bicyclic) bond motifs is 2. The Bertz CT molecular complexity index is 810. The molecule has 0 unspecified atom stereocenters. The molecule has 1 aromatic heterocycles. The monoisotopic (exact) mass is 352 g/mol. The van der Waals surface area contributed by atoms with E-state index in [-0.39, 0.29) is 29.0 Å². The maximum Gasteiger partial charge on any atom is 0.417 e. The van der Waals surface area contributed by atoms with Gasteiger partial charge < -0.3 is 15.4 Å². The lowest BCUT2D eigenvalue weighted by Gasteiger charge is -2.24. The number of amides is 1. The van der Waals surface area contributed by atoms with Crippen molar-refractivity contribution in [2.24, 2.45) is 0 Å². The molecule has 2 aliphatic heterocycles. The molecule has 4 rings (SSSR count). The van der Waals surface area contributed by atoms with Gasteiger partial charge in [0.25, 0.3) is 5.91 Å². The lowest BCUT2D eigenvalue weighted by Crippen LogP contribution is -2.48. The van der Waals surface area contributed by atoms with E-state index in [2.05, 4.69) is 20.8 Å². The van der Waals surface area contributed by atoms with Gasteiger partial charge in [-0.25, -0.2) is 0 Å². The average Bonchev–Trinajstić information content (AvgIpc) is 3.30. The van der Waals surface area contributed by atoms with E-state index < -0.39 is 17.3 Å². The zero-order chi connectivity index (χ0) is 17.7. The molecule has 0 aliphatic carbocycles. The fraction of sp³-hybridized carbons (Fsp3) is 0.375. The Hall–Kier alpha value is -2.39. The van der Waals surface area contributed by atoms with Crippen molar-refractivity contribution in [1.82, 2.24) is 15.5 Å². The molecule has 25 heavy (non-hydrogen) atoms. The summed E-state index contributed by atoms with van der Waals surface area (Å²) >= 11 is 0.